The van der Waals surface area contributed by atoms with Crippen molar-refractivity contribution in [2.45, 2.75) is 44.7 Å². The number of hydrogen-bond donors (Lipinski definition) is 2. The van der Waals surface area contributed by atoms with Gasteiger partial charge in [-0.1, -0.05) is 37.3 Å². The molecule has 0 saturated heterocycles. The minimum Gasteiger partial charge on any atom is -0.469 e. The van der Waals surface area contributed by atoms with Crippen molar-refractivity contribution in [1.29, 1.82) is 0 Å². The number of nitrogens with one attached hydrogen (secondary N) is 2. The maximum Gasteiger partial charge on any atom is 0.308 e. The van der Waals surface area contributed by atoms with Crippen molar-refractivity contribution in [2.24, 2.45) is 5.92 Å². The van der Waals surface area contributed by atoms with Crippen LogP contribution in [0.3, 0.4) is 0 Å². The van der Waals surface area contributed by atoms with Gasteiger partial charge in [0.05, 0.1) is 13.0 Å². The first-order valence-corrected chi connectivity index (χ1v) is 12.4. The molecule has 0 fully saturated rings. The van der Waals surface area contributed by atoms with E-state index in [4.69, 9.17) is 4.74 Å². The van der Waals surface area contributed by atoms with E-state index in [1.807, 2.05) is 38.1 Å². The van der Waals surface area contributed by atoms with Gasteiger partial charge in [0.1, 0.15) is 17.6 Å². The van der Waals surface area contributed by atoms with Gasteiger partial charge in [0.2, 0.25) is 0 Å². The second kappa shape index (κ2) is 12.6. The van der Waals surface area contributed by atoms with Gasteiger partial charge < -0.3 is 20.2 Å². The third-order valence-corrected chi connectivity index (χ3v) is 6.45. The van der Waals surface area contributed by atoms with Crippen LogP contribution in [0, 0.1) is 11.7 Å². The number of aldehydes is 1. The maximum absolute atomic E-state index is 13.3. The van der Waals surface area contributed by atoms with Crippen LogP contribution in [0.25, 0.3) is 11.1 Å². The van der Waals surface area contributed by atoms with Gasteiger partial charge in [0, 0.05) is 30.0 Å². The monoisotopic (exact) mass is 519 g/mol. The molecular formula is C30H34FN3O4. The summed E-state index contributed by atoms with van der Waals surface area (Å²) < 4.78 is 18.2. The fourth-order valence-corrected chi connectivity index (χ4v) is 4.34. The molecule has 0 aliphatic carbocycles. The van der Waals surface area contributed by atoms with Crippen molar-refractivity contribution < 1.29 is 23.5 Å². The van der Waals surface area contributed by atoms with E-state index in [0.29, 0.717) is 18.3 Å². The van der Waals surface area contributed by atoms with Gasteiger partial charge in [0.15, 0.2) is 0 Å². The van der Waals surface area contributed by atoms with Gasteiger partial charge in [-0.3, -0.25) is 14.6 Å². The lowest BCUT2D eigenvalue weighted by Gasteiger charge is -2.36. The number of halogens is 1. The molecule has 1 aromatic heterocycles. The van der Waals surface area contributed by atoms with Crippen LogP contribution in [-0.2, 0) is 20.7 Å². The van der Waals surface area contributed by atoms with E-state index in [1.165, 1.54) is 19.2 Å². The van der Waals surface area contributed by atoms with E-state index >= 15 is 0 Å². The van der Waals surface area contributed by atoms with Crippen LogP contribution in [0.1, 0.15) is 43.1 Å². The van der Waals surface area contributed by atoms with Crippen molar-refractivity contribution in [3.05, 3.63) is 90.0 Å². The Labute approximate surface area is 222 Å². The van der Waals surface area contributed by atoms with E-state index in [0.717, 1.165) is 16.7 Å². The minimum atomic E-state index is -1.38. The van der Waals surface area contributed by atoms with Crippen LogP contribution in [0.4, 0.5) is 4.39 Å². The predicted octanol–water partition coefficient (Wildman–Crippen LogP) is 4.37. The molecule has 200 valence electrons. The Morgan fingerprint density at radius 2 is 1.74 bits per heavy atom. The zero-order valence-electron chi connectivity index (χ0n) is 22.2. The average molecular weight is 520 g/mol. The highest BCUT2D eigenvalue weighted by Gasteiger charge is 2.37. The summed E-state index contributed by atoms with van der Waals surface area (Å²) in [7, 11) is 1.29. The largest absolute Gasteiger partial charge is 0.469 e. The fourth-order valence-electron chi connectivity index (χ4n) is 4.34. The van der Waals surface area contributed by atoms with Crippen molar-refractivity contribution >= 4 is 18.2 Å². The molecule has 0 aliphatic rings. The molecule has 2 atom stereocenters. The van der Waals surface area contributed by atoms with Gasteiger partial charge in [-0.15, -0.1) is 0 Å². The van der Waals surface area contributed by atoms with Gasteiger partial charge in [-0.25, -0.2) is 4.39 Å². The number of pyridine rings is 1. The van der Waals surface area contributed by atoms with Crippen LogP contribution < -0.4 is 10.6 Å². The van der Waals surface area contributed by atoms with Gasteiger partial charge >= 0.3 is 5.97 Å². The first kappa shape index (κ1) is 28.7. The molecule has 38 heavy (non-hydrogen) atoms. The van der Waals surface area contributed by atoms with Crippen LogP contribution in [0.2, 0.25) is 0 Å². The number of methoxy groups -OCH3 is 1. The van der Waals surface area contributed by atoms with Gasteiger partial charge in [-0.2, -0.15) is 0 Å². The molecule has 3 aromatic rings. The lowest BCUT2D eigenvalue weighted by atomic mass is 9.86. The summed E-state index contributed by atoms with van der Waals surface area (Å²) in [5.41, 5.74) is 1.23. The Hall–Kier alpha value is -3.91. The van der Waals surface area contributed by atoms with Crippen LogP contribution >= 0.6 is 0 Å². The van der Waals surface area contributed by atoms with Gasteiger partial charge in [-0.05, 0) is 73.7 Å². The molecule has 0 spiro atoms. The molecule has 0 saturated carbocycles. The summed E-state index contributed by atoms with van der Waals surface area (Å²) in [6.45, 7) is 5.64. The lowest BCUT2D eigenvalue weighted by molar-refractivity contribution is -0.145. The number of rotatable bonds is 12. The molecule has 0 bridgehead atoms. The number of hydrogen-bond acceptors (Lipinski definition) is 6. The van der Waals surface area contributed by atoms with Crippen molar-refractivity contribution in [3.8, 4) is 11.1 Å². The zero-order valence-corrected chi connectivity index (χ0v) is 22.2. The number of esters is 1. The smallest absolute Gasteiger partial charge is 0.308 e. The number of carbonyl (C=O) groups excluding carboxylic acids is 3. The minimum absolute atomic E-state index is 0.0440. The van der Waals surface area contributed by atoms with Crippen molar-refractivity contribution in [3.63, 3.8) is 0 Å². The summed E-state index contributed by atoms with van der Waals surface area (Å²) in [4.78, 5) is 42.1. The Morgan fingerprint density at radius 3 is 2.32 bits per heavy atom. The summed E-state index contributed by atoms with van der Waals surface area (Å²) in [6, 6.07) is 17.0. The second-order valence-electron chi connectivity index (χ2n) is 10.2. The number of benzene rings is 2. The summed E-state index contributed by atoms with van der Waals surface area (Å²) in [6.07, 6.45) is 4.70. The van der Waals surface area contributed by atoms with E-state index in [2.05, 4.69) is 15.6 Å². The Bertz CT molecular complexity index is 1230. The molecule has 3 rings (SSSR count). The van der Waals surface area contributed by atoms with E-state index in [1.54, 1.807) is 43.6 Å². The quantitative estimate of drug-likeness (QED) is 0.273. The molecule has 8 heteroatoms. The predicted molar refractivity (Wildman–Crippen MR) is 144 cm³/mol. The summed E-state index contributed by atoms with van der Waals surface area (Å²) >= 11 is 0. The normalized spacial score (nSPS) is 13.7. The number of ether oxygens (including phenoxy) is 1. The molecule has 7 nitrogen and oxygen atoms in total. The molecule has 2 aromatic carbocycles. The topological polar surface area (TPSA) is 97.4 Å². The Morgan fingerprint density at radius 1 is 1.05 bits per heavy atom. The first-order chi connectivity index (χ1) is 18.1. The lowest BCUT2D eigenvalue weighted by Crippen LogP contribution is -2.60. The molecule has 0 aliphatic heterocycles. The average Bonchev–Trinajstić information content (AvgIpc) is 2.93. The Kier molecular flexibility index (Phi) is 9.47. The third-order valence-electron chi connectivity index (χ3n) is 6.45. The molecule has 0 radical (unpaired) electrons. The highest BCUT2D eigenvalue weighted by molar-refractivity contribution is 5.97. The number of amides is 1. The number of aromatic nitrogens is 1. The van der Waals surface area contributed by atoms with Crippen LogP contribution in [0.15, 0.2) is 73.1 Å². The second-order valence-corrected chi connectivity index (χ2v) is 10.2. The van der Waals surface area contributed by atoms with Gasteiger partial charge in [0.25, 0.3) is 5.91 Å². The first-order valence-electron chi connectivity index (χ1n) is 12.4. The van der Waals surface area contributed by atoms with Crippen molar-refractivity contribution in [1.82, 2.24) is 15.6 Å². The number of nitrogens with zero attached hydrogens (tertiary/aromatic N) is 1. The van der Waals surface area contributed by atoms with Crippen molar-refractivity contribution in [2.75, 3.05) is 13.7 Å². The maximum atomic E-state index is 13.3. The van der Waals surface area contributed by atoms with E-state index in [9.17, 15) is 18.8 Å². The Balaban J connectivity index is 1.79. The molecular weight excluding hydrogens is 485 g/mol. The molecule has 1 heterocycles. The van der Waals surface area contributed by atoms with E-state index < -0.39 is 28.9 Å². The molecule has 1 amide bonds. The highest BCUT2D eigenvalue weighted by atomic mass is 19.1. The van der Waals surface area contributed by atoms with E-state index in [-0.39, 0.29) is 18.8 Å². The molecule has 0 unspecified atom stereocenters. The SMILES string of the molecule is COC(=O)[C@@H](C)C[C@](C=O)(CNC(C)(C)Cc1ccc(F)cc1)NC(=O)c1ccc(-c2cccnc2)cc1. The number of carbonyl (C=O) groups is 3. The van der Waals surface area contributed by atoms with Crippen LogP contribution in [0.5, 0.6) is 0 Å². The standard InChI is InChI=1S/C30H34FN3O4/c1-21(28(37)38-4)16-30(20-35,19-33-29(2,3)17-22-7-13-26(31)14-8-22)34-27(36)24-11-9-23(10-12-24)25-6-5-15-32-18-25/h5-15,18,20-21,33H,16-17,19H2,1-4H3,(H,34,36)/t21-,30+/m0/s1. The third kappa shape index (κ3) is 7.79. The summed E-state index contributed by atoms with van der Waals surface area (Å²) in [5.74, 6) is -1.87. The fraction of sp³-hybridized carbons (Fsp3) is 0.333. The zero-order chi connectivity index (χ0) is 27.8. The highest BCUT2D eigenvalue weighted by Crippen LogP contribution is 2.22. The molecule has 2 N–H and O–H groups in total. The summed E-state index contributed by atoms with van der Waals surface area (Å²) in [5, 5.41) is 6.24. The van der Waals surface area contributed by atoms with Crippen LogP contribution in [-0.4, -0.2) is 47.9 Å².